The molecule has 0 saturated carbocycles. The fourth-order valence-corrected chi connectivity index (χ4v) is 0.995. The molecule has 0 radical (unpaired) electrons. The second-order valence-electron chi connectivity index (χ2n) is 2.19. The highest BCUT2D eigenvalue weighted by molar-refractivity contribution is 7.85. The Labute approximate surface area is 71.5 Å². The summed E-state index contributed by atoms with van der Waals surface area (Å²) in [5.41, 5.74) is 0. The second kappa shape index (κ2) is 5.10. The third-order valence-corrected chi connectivity index (χ3v) is 1.88. The lowest BCUT2D eigenvalue weighted by molar-refractivity contribution is -0.143. The standard InChI is InChI=1S/C6H12O5S/c1-2-6(7)11-4-3-5-12(8,9)10/h2-5H2,1H3,(H,8,9,10)/p-1. The van der Waals surface area contributed by atoms with Crippen molar-refractivity contribution < 1.29 is 22.5 Å². The van der Waals surface area contributed by atoms with Crippen LogP contribution in [0.4, 0.5) is 0 Å². The van der Waals surface area contributed by atoms with Crippen LogP contribution in [-0.2, 0) is 19.6 Å². The Hall–Kier alpha value is -0.620. The van der Waals surface area contributed by atoms with Crippen molar-refractivity contribution >= 4 is 16.1 Å². The zero-order valence-electron chi connectivity index (χ0n) is 6.78. The predicted molar refractivity (Wildman–Crippen MR) is 40.4 cm³/mol. The van der Waals surface area contributed by atoms with Crippen LogP contribution in [0.15, 0.2) is 0 Å². The van der Waals surface area contributed by atoms with Crippen LogP contribution in [0.25, 0.3) is 0 Å². The van der Waals surface area contributed by atoms with Gasteiger partial charge in [-0.15, -0.1) is 0 Å². The van der Waals surface area contributed by atoms with Gasteiger partial charge < -0.3 is 9.29 Å². The van der Waals surface area contributed by atoms with E-state index in [9.17, 15) is 17.8 Å². The summed E-state index contributed by atoms with van der Waals surface area (Å²) in [5, 5.41) is 0. The van der Waals surface area contributed by atoms with E-state index in [2.05, 4.69) is 4.74 Å². The average molecular weight is 195 g/mol. The molecule has 0 saturated heterocycles. The molecular formula is C6H11O5S-. The lowest BCUT2D eigenvalue weighted by atomic mass is 10.5. The van der Waals surface area contributed by atoms with Crippen LogP contribution >= 0.6 is 0 Å². The van der Waals surface area contributed by atoms with E-state index in [1.54, 1.807) is 6.92 Å². The number of hydrogen-bond acceptors (Lipinski definition) is 5. The summed E-state index contributed by atoms with van der Waals surface area (Å²) in [6, 6.07) is 0. The maximum absolute atomic E-state index is 10.5. The number of carbonyl (C=O) groups is 1. The van der Waals surface area contributed by atoms with Crippen molar-refractivity contribution in [1.82, 2.24) is 0 Å². The van der Waals surface area contributed by atoms with E-state index in [4.69, 9.17) is 0 Å². The molecule has 0 unspecified atom stereocenters. The first-order valence-electron chi connectivity index (χ1n) is 3.55. The topological polar surface area (TPSA) is 83.5 Å². The first-order chi connectivity index (χ1) is 5.45. The lowest BCUT2D eigenvalue weighted by Gasteiger charge is -2.06. The predicted octanol–water partition coefficient (Wildman–Crippen LogP) is -0.125. The van der Waals surface area contributed by atoms with E-state index in [0.717, 1.165) is 0 Å². The van der Waals surface area contributed by atoms with E-state index in [0.29, 0.717) is 0 Å². The number of ether oxygens (including phenoxy) is 1. The summed E-state index contributed by atoms with van der Waals surface area (Å²) in [6.45, 7) is 1.63. The Morgan fingerprint density at radius 2 is 2.08 bits per heavy atom. The number of esters is 1. The van der Waals surface area contributed by atoms with Crippen molar-refractivity contribution in [2.75, 3.05) is 12.4 Å². The van der Waals surface area contributed by atoms with Gasteiger partial charge in [0.1, 0.15) is 0 Å². The summed E-state index contributed by atoms with van der Waals surface area (Å²) < 4.78 is 34.7. The van der Waals surface area contributed by atoms with Crippen LogP contribution in [-0.4, -0.2) is 31.3 Å². The molecule has 0 aliphatic heterocycles. The zero-order chi connectivity index (χ0) is 9.61. The first-order valence-corrected chi connectivity index (χ1v) is 5.12. The van der Waals surface area contributed by atoms with Gasteiger partial charge in [0.05, 0.1) is 16.7 Å². The summed E-state index contributed by atoms with van der Waals surface area (Å²) >= 11 is 0. The van der Waals surface area contributed by atoms with Gasteiger partial charge in [-0.25, -0.2) is 8.42 Å². The van der Waals surface area contributed by atoms with E-state index in [1.165, 1.54) is 0 Å². The monoisotopic (exact) mass is 195 g/mol. The maximum Gasteiger partial charge on any atom is 0.305 e. The van der Waals surface area contributed by atoms with Crippen LogP contribution in [0, 0.1) is 0 Å². The number of carbonyl (C=O) groups excluding carboxylic acids is 1. The third kappa shape index (κ3) is 7.49. The van der Waals surface area contributed by atoms with Gasteiger partial charge in [-0.05, 0) is 6.42 Å². The minimum atomic E-state index is -4.17. The summed E-state index contributed by atoms with van der Waals surface area (Å²) in [4.78, 5) is 10.5. The minimum absolute atomic E-state index is 0.00581. The minimum Gasteiger partial charge on any atom is -0.748 e. The van der Waals surface area contributed by atoms with Crippen molar-refractivity contribution in [2.45, 2.75) is 19.8 Å². The normalized spacial score (nSPS) is 11.2. The van der Waals surface area contributed by atoms with Gasteiger partial charge in [-0.3, -0.25) is 4.79 Å². The molecule has 0 atom stereocenters. The van der Waals surface area contributed by atoms with Crippen LogP contribution < -0.4 is 0 Å². The molecule has 12 heavy (non-hydrogen) atoms. The largest absolute Gasteiger partial charge is 0.748 e. The molecule has 0 spiro atoms. The third-order valence-electron chi connectivity index (χ3n) is 1.09. The van der Waals surface area contributed by atoms with Gasteiger partial charge in [-0.2, -0.15) is 0 Å². The van der Waals surface area contributed by atoms with Crippen molar-refractivity contribution in [3.63, 3.8) is 0 Å². The molecule has 0 heterocycles. The van der Waals surface area contributed by atoms with Crippen LogP contribution in [0.2, 0.25) is 0 Å². The van der Waals surface area contributed by atoms with Gasteiger partial charge >= 0.3 is 5.97 Å². The molecule has 0 amide bonds. The molecule has 0 aromatic carbocycles. The molecule has 0 rings (SSSR count). The molecule has 0 N–H and O–H groups in total. The highest BCUT2D eigenvalue weighted by Crippen LogP contribution is 1.91. The molecule has 0 aromatic heterocycles. The number of hydrogen-bond donors (Lipinski definition) is 0. The molecule has 0 aliphatic rings. The van der Waals surface area contributed by atoms with Gasteiger partial charge in [0.25, 0.3) is 0 Å². The summed E-state index contributed by atoms with van der Waals surface area (Å²) in [5.74, 6) is -0.873. The summed E-state index contributed by atoms with van der Waals surface area (Å²) in [7, 11) is -4.17. The van der Waals surface area contributed by atoms with Gasteiger partial charge in [0.2, 0.25) is 0 Å². The fraction of sp³-hybridized carbons (Fsp3) is 0.833. The highest BCUT2D eigenvalue weighted by Gasteiger charge is 1.99. The van der Waals surface area contributed by atoms with Crippen LogP contribution in [0.3, 0.4) is 0 Å². The van der Waals surface area contributed by atoms with E-state index in [-0.39, 0.29) is 19.4 Å². The van der Waals surface area contributed by atoms with E-state index >= 15 is 0 Å². The molecular weight excluding hydrogens is 184 g/mol. The SMILES string of the molecule is CCC(=O)OCCCS(=O)(=O)[O-]. The molecule has 6 heteroatoms. The van der Waals surface area contributed by atoms with E-state index in [1.807, 2.05) is 0 Å². The van der Waals surface area contributed by atoms with Crippen LogP contribution in [0.5, 0.6) is 0 Å². The zero-order valence-corrected chi connectivity index (χ0v) is 7.59. The van der Waals surface area contributed by atoms with Gasteiger partial charge in [0.15, 0.2) is 0 Å². The van der Waals surface area contributed by atoms with Crippen LogP contribution in [0.1, 0.15) is 19.8 Å². The Balaban J connectivity index is 3.40. The van der Waals surface area contributed by atoms with E-state index < -0.39 is 21.8 Å². The quantitative estimate of drug-likeness (QED) is 0.347. The molecule has 5 nitrogen and oxygen atoms in total. The highest BCUT2D eigenvalue weighted by atomic mass is 32.2. The summed E-state index contributed by atoms with van der Waals surface area (Å²) in [6.07, 6.45) is 0.321. The van der Waals surface area contributed by atoms with Crippen molar-refractivity contribution in [3.8, 4) is 0 Å². The molecule has 0 aromatic rings. The molecule has 0 aliphatic carbocycles. The Bertz CT molecular complexity index is 230. The van der Waals surface area contributed by atoms with Crippen molar-refractivity contribution in [3.05, 3.63) is 0 Å². The van der Waals surface area contributed by atoms with Crippen molar-refractivity contribution in [1.29, 1.82) is 0 Å². The molecule has 72 valence electrons. The molecule has 0 fully saturated rings. The first kappa shape index (κ1) is 11.4. The fourth-order valence-electron chi connectivity index (χ4n) is 0.524. The van der Waals surface area contributed by atoms with Crippen molar-refractivity contribution in [2.24, 2.45) is 0 Å². The Morgan fingerprint density at radius 3 is 2.50 bits per heavy atom. The smallest absolute Gasteiger partial charge is 0.305 e. The lowest BCUT2D eigenvalue weighted by Crippen LogP contribution is -2.10. The average Bonchev–Trinajstić information content (AvgIpc) is 1.96. The Kier molecular flexibility index (Phi) is 4.84. The number of rotatable bonds is 5. The second-order valence-corrected chi connectivity index (χ2v) is 3.71. The maximum atomic E-state index is 10.5. The van der Waals surface area contributed by atoms with Gasteiger partial charge in [0, 0.05) is 12.2 Å². The molecule has 0 bridgehead atoms. The van der Waals surface area contributed by atoms with Gasteiger partial charge in [-0.1, -0.05) is 6.92 Å². The Morgan fingerprint density at radius 1 is 1.50 bits per heavy atom.